The molecule has 186 valence electrons. The number of benzene rings is 2. The van der Waals surface area contributed by atoms with Crippen LogP contribution in [0.2, 0.25) is 0 Å². The highest BCUT2D eigenvalue weighted by atomic mass is 32.2. The average molecular weight is 495 g/mol. The molecule has 0 amide bonds. The molecule has 0 aliphatic carbocycles. The Bertz CT molecular complexity index is 1150. The van der Waals surface area contributed by atoms with E-state index in [1.165, 1.54) is 10.5 Å². The molecular weight excluding hydrogens is 460 g/mol. The normalized spacial score (nSPS) is 19.5. The number of aromatic nitrogens is 1. The fourth-order valence-corrected chi connectivity index (χ4v) is 6.03. The third-order valence-corrected chi connectivity index (χ3v) is 8.22. The molecule has 0 spiro atoms. The van der Waals surface area contributed by atoms with Gasteiger partial charge < -0.3 is 19.8 Å². The van der Waals surface area contributed by atoms with Gasteiger partial charge in [0.1, 0.15) is 5.75 Å². The van der Waals surface area contributed by atoms with Crippen molar-refractivity contribution in [2.24, 2.45) is 11.8 Å². The van der Waals surface area contributed by atoms with E-state index in [1.54, 1.807) is 13.3 Å². The van der Waals surface area contributed by atoms with Gasteiger partial charge in [-0.05, 0) is 80.1 Å². The van der Waals surface area contributed by atoms with E-state index in [-0.39, 0.29) is 5.92 Å². The minimum atomic E-state index is -0.736. The lowest BCUT2D eigenvalue weighted by atomic mass is 9.81. The average Bonchev–Trinajstić information content (AvgIpc) is 2.88. The first-order valence-electron chi connectivity index (χ1n) is 12.2. The summed E-state index contributed by atoms with van der Waals surface area (Å²) in [4.78, 5) is 20.0. The number of aryl methyl sites for hydroxylation is 1. The van der Waals surface area contributed by atoms with Crippen LogP contribution < -0.4 is 4.74 Å². The van der Waals surface area contributed by atoms with Gasteiger partial charge in [-0.15, -0.1) is 11.8 Å². The lowest BCUT2D eigenvalue weighted by Gasteiger charge is -2.37. The van der Waals surface area contributed by atoms with Gasteiger partial charge in [-0.2, -0.15) is 0 Å². The van der Waals surface area contributed by atoms with Crippen LogP contribution in [0.5, 0.6) is 5.75 Å². The van der Waals surface area contributed by atoms with Crippen LogP contribution in [0.25, 0.3) is 10.9 Å². The van der Waals surface area contributed by atoms with E-state index in [1.807, 2.05) is 42.1 Å². The van der Waals surface area contributed by atoms with Crippen LogP contribution in [0.15, 0.2) is 59.6 Å². The minimum Gasteiger partial charge on any atom is -0.497 e. The number of hydrogen-bond donors (Lipinski definition) is 2. The van der Waals surface area contributed by atoms with Gasteiger partial charge in [0.15, 0.2) is 0 Å². The number of carboxylic acid groups (broad SMARTS) is 1. The summed E-state index contributed by atoms with van der Waals surface area (Å²) in [6, 6.07) is 15.8. The molecule has 6 nitrogen and oxygen atoms in total. The van der Waals surface area contributed by atoms with Crippen molar-refractivity contribution in [1.82, 2.24) is 9.88 Å². The predicted octanol–water partition coefficient (Wildman–Crippen LogP) is 5.18. The van der Waals surface area contributed by atoms with Gasteiger partial charge in [0.05, 0.1) is 24.6 Å². The van der Waals surface area contributed by atoms with Crippen molar-refractivity contribution in [1.29, 1.82) is 0 Å². The standard InChI is InChI=1S/C28H34N2O4S/c1-19-5-3-4-6-27(19)35-16-15-30-14-12-20(24(18-30)28(32)33)7-10-26(31)22-11-13-29-25-9-8-21(34-2)17-23(22)25/h3-6,8-9,11,13,17,20,24,26,31H,7,10,12,14-16,18H2,1-2H3,(H,32,33)/t20-,24+,26?/m1/s1. The Morgan fingerprint density at radius 2 is 2.09 bits per heavy atom. The number of likely N-dealkylation sites (tertiary alicyclic amines) is 1. The second-order valence-corrected chi connectivity index (χ2v) is 10.4. The number of methoxy groups -OCH3 is 1. The number of hydrogen-bond acceptors (Lipinski definition) is 6. The van der Waals surface area contributed by atoms with Crippen LogP contribution >= 0.6 is 11.8 Å². The summed E-state index contributed by atoms with van der Waals surface area (Å²) in [7, 11) is 1.62. The number of carbonyl (C=O) groups is 1. The van der Waals surface area contributed by atoms with Crippen molar-refractivity contribution in [3.8, 4) is 5.75 Å². The van der Waals surface area contributed by atoms with Gasteiger partial charge in [0, 0.05) is 35.3 Å². The van der Waals surface area contributed by atoms with Crippen LogP contribution in [0.3, 0.4) is 0 Å². The first kappa shape index (κ1) is 25.5. The Kier molecular flexibility index (Phi) is 8.65. The second-order valence-electron chi connectivity index (χ2n) is 9.28. The van der Waals surface area contributed by atoms with Gasteiger partial charge in [0.2, 0.25) is 0 Å². The summed E-state index contributed by atoms with van der Waals surface area (Å²) in [6.07, 6.45) is 3.07. The molecule has 35 heavy (non-hydrogen) atoms. The van der Waals surface area contributed by atoms with E-state index < -0.39 is 18.0 Å². The molecular formula is C28H34N2O4S. The summed E-state index contributed by atoms with van der Waals surface area (Å²) in [5, 5.41) is 21.8. The SMILES string of the molecule is COc1ccc2nccc(C(O)CC[C@@H]3CCN(CCSc4ccccc4C)C[C@@H]3C(=O)O)c2c1. The molecule has 3 atom stereocenters. The molecule has 1 aliphatic heterocycles. The molecule has 1 aromatic heterocycles. The molecule has 7 heteroatoms. The monoisotopic (exact) mass is 494 g/mol. The Labute approximate surface area is 211 Å². The number of aliphatic carboxylic acids is 1. The Balaban J connectivity index is 1.34. The van der Waals surface area contributed by atoms with Crippen molar-refractivity contribution in [2.75, 3.05) is 32.5 Å². The van der Waals surface area contributed by atoms with E-state index in [0.717, 1.165) is 47.5 Å². The van der Waals surface area contributed by atoms with Crippen molar-refractivity contribution < 1.29 is 19.7 Å². The smallest absolute Gasteiger partial charge is 0.308 e. The number of pyridine rings is 1. The van der Waals surface area contributed by atoms with Gasteiger partial charge >= 0.3 is 5.97 Å². The number of aliphatic hydroxyl groups excluding tert-OH is 1. The topological polar surface area (TPSA) is 82.9 Å². The summed E-state index contributed by atoms with van der Waals surface area (Å²) in [5.74, 6) is 0.579. The number of piperidine rings is 1. The second kappa shape index (κ2) is 11.9. The molecule has 0 radical (unpaired) electrons. The van der Waals surface area contributed by atoms with E-state index >= 15 is 0 Å². The molecule has 3 aromatic rings. The summed E-state index contributed by atoms with van der Waals surface area (Å²) in [6.45, 7) is 4.46. The Morgan fingerprint density at radius 3 is 2.86 bits per heavy atom. The Hall–Kier alpha value is -2.61. The largest absolute Gasteiger partial charge is 0.497 e. The maximum absolute atomic E-state index is 12.1. The highest BCUT2D eigenvalue weighted by Gasteiger charge is 2.34. The van der Waals surface area contributed by atoms with Gasteiger partial charge in [-0.3, -0.25) is 9.78 Å². The van der Waals surface area contributed by atoms with E-state index in [9.17, 15) is 15.0 Å². The number of thioether (sulfide) groups is 1. The van der Waals surface area contributed by atoms with Crippen LogP contribution in [0.4, 0.5) is 0 Å². The first-order chi connectivity index (χ1) is 17.0. The molecule has 1 saturated heterocycles. The quantitative estimate of drug-likeness (QED) is 0.376. The number of aliphatic hydroxyl groups is 1. The summed E-state index contributed by atoms with van der Waals surface area (Å²) in [5.41, 5.74) is 2.90. The number of nitrogens with zero attached hydrogens (tertiary/aromatic N) is 2. The van der Waals surface area contributed by atoms with Crippen LogP contribution in [0.1, 0.15) is 36.5 Å². The maximum atomic E-state index is 12.1. The number of ether oxygens (including phenoxy) is 1. The number of rotatable bonds is 10. The molecule has 0 bridgehead atoms. The summed E-state index contributed by atoms with van der Waals surface area (Å²) < 4.78 is 5.34. The highest BCUT2D eigenvalue weighted by Crippen LogP contribution is 2.34. The first-order valence-corrected chi connectivity index (χ1v) is 13.2. The number of fused-ring (bicyclic) bond motifs is 1. The Morgan fingerprint density at radius 1 is 1.26 bits per heavy atom. The molecule has 2 heterocycles. The molecule has 1 aliphatic rings. The zero-order valence-corrected chi connectivity index (χ0v) is 21.2. The van der Waals surface area contributed by atoms with Crippen LogP contribution in [0, 0.1) is 18.8 Å². The van der Waals surface area contributed by atoms with Crippen LogP contribution in [-0.2, 0) is 4.79 Å². The van der Waals surface area contributed by atoms with Crippen molar-refractivity contribution >= 4 is 28.6 Å². The third kappa shape index (κ3) is 6.34. The minimum absolute atomic E-state index is 0.0602. The van der Waals surface area contributed by atoms with Crippen molar-refractivity contribution in [3.05, 3.63) is 65.9 Å². The van der Waals surface area contributed by atoms with Gasteiger partial charge in [0.25, 0.3) is 0 Å². The molecule has 0 saturated carbocycles. The van der Waals surface area contributed by atoms with Crippen LogP contribution in [-0.4, -0.2) is 58.6 Å². The predicted molar refractivity (Wildman–Crippen MR) is 140 cm³/mol. The molecule has 2 N–H and O–H groups in total. The fraction of sp³-hybridized carbons (Fsp3) is 0.429. The van der Waals surface area contributed by atoms with E-state index in [2.05, 4.69) is 35.0 Å². The van der Waals surface area contributed by atoms with Gasteiger partial charge in [-0.1, -0.05) is 18.2 Å². The third-order valence-electron chi connectivity index (χ3n) is 7.07. The van der Waals surface area contributed by atoms with E-state index in [4.69, 9.17) is 4.74 Å². The fourth-order valence-electron chi connectivity index (χ4n) is 4.99. The lowest BCUT2D eigenvalue weighted by molar-refractivity contribution is -0.146. The molecule has 1 fully saturated rings. The lowest BCUT2D eigenvalue weighted by Crippen LogP contribution is -2.44. The zero-order valence-electron chi connectivity index (χ0n) is 20.4. The maximum Gasteiger partial charge on any atom is 0.308 e. The molecule has 2 aromatic carbocycles. The summed E-state index contributed by atoms with van der Waals surface area (Å²) >= 11 is 1.83. The number of carboxylic acids is 1. The van der Waals surface area contributed by atoms with Crippen molar-refractivity contribution in [3.63, 3.8) is 0 Å². The highest BCUT2D eigenvalue weighted by molar-refractivity contribution is 7.99. The van der Waals surface area contributed by atoms with E-state index in [0.29, 0.717) is 19.4 Å². The zero-order chi connectivity index (χ0) is 24.8. The molecule has 4 rings (SSSR count). The van der Waals surface area contributed by atoms with Crippen molar-refractivity contribution in [2.45, 2.75) is 37.2 Å². The van der Waals surface area contributed by atoms with Gasteiger partial charge in [-0.25, -0.2) is 0 Å². The molecule has 1 unspecified atom stereocenters.